The van der Waals surface area contributed by atoms with E-state index < -0.39 is 0 Å². The number of nitrogens with zero attached hydrogens (tertiary/aromatic N) is 1. The average Bonchev–Trinajstić information content (AvgIpc) is 2.97. The molecule has 21 heavy (non-hydrogen) atoms. The van der Waals surface area contributed by atoms with E-state index in [-0.39, 0.29) is 5.78 Å². The van der Waals surface area contributed by atoms with E-state index >= 15 is 0 Å². The lowest BCUT2D eigenvalue weighted by Crippen LogP contribution is -2.35. The number of carbonyl (C=O) groups is 1. The first kappa shape index (κ1) is 15.9. The van der Waals surface area contributed by atoms with Crippen LogP contribution < -0.4 is 4.74 Å². The SMILES string of the molecule is COCCN(CCOC)CC(=O)c1ccc2c(c1)CCO2. The van der Waals surface area contributed by atoms with Crippen LogP contribution in [0.15, 0.2) is 18.2 Å². The molecule has 0 bridgehead atoms. The van der Waals surface area contributed by atoms with Crippen LogP contribution >= 0.6 is 0 Å². The molecule has 1 aromatic rings. The summed E-state index contributed by atoms with van der Waals surface area (Å²) in [5, 5.41) is 0. The molecule has 116 valence electrons. The molecule has 0 aromatic heterocycles. The van der Waals surface area contributed by atoms with Gasteiger partial charge in [0, 0.05) is 39.3 Å². The fraction of sp³-hybridized carbons (Fsp3) is 0.562. The largest absolute Gasteiger partial charge is 0.493 e. The Labute approximate surface area is 125 Å². The van der Waals surface area contributed by atoms with Crippen molar-refractivity contribution in [3.8, 4) is 5.75 Å². The fourth-order valence-corrected chi connectivity index (χ4v) is 2.37. The predicted octanol–water partition coefficient (Wildman–Crippen LogP) is 1.40. The van der Waals surface area contributed by atoms with Crippen LogP contribution in [0.4, 0.5) is 0 Å². The van der Waals surface area contributed by atoms with E-state index in [0.717, 1.165) is 36.4 Å². The first-order valence-electron chi connectivity index (χ1n) is 7.23. The van der Waals surface area contributed by atoms with Crippen LogP contribution in [0.5, 0.6) is 5.75 Å². The molecular formula is C16H23NO4. The maximum absolute atomic E-state index is 12.4. The van der Waals surface area contributed by atoms with Crippen molar-refractivity contribution in [2.75, 3.05) is 53.7 Å². The van der Waals surface area contributed by atoms with Crippen LogP contribution in [0.1, 0.15) is 15.9 Å². The van der Waals surface area contributed by atoms with Gasteiger partial charge in [-0.2, -0.15) is 0 Å². The highest BCUT2D eigenvalue weighted by molar-refractivity contribution is 5.98. The quantitative estimate of drug-likeness (QED) is 0.644. The summed E-state index contributed by atoms with van der Waals surface area (Å²) in [6.07, 6.45) is 0.882. The van der Waals surface area contributed by atoms with Crippen LogP contribution in [-0.4, -0.2) is 64.4 Å². The second-order valence-electron chi connectivity index (χ2n) is 5.11. The van der Waals surface area contributed by atoms with Gasteiger partial charge in [-0.05, 0) is 23.8 Å². The number of benzene rings is 1. The topological polar surface area (TPSA) is 48.0 Å². The van der Waals surface area contributed by atoms with Crippen LogP contribution in [0.25, 0.3) is 0 Å². The van der Waals surface area contributed by atoms with Gasteiger partial charge in [-0.1, -0.05) is 0 Å². The van der Waals surface area contributed by atoms with E-state index in [1.165, 1.54) is 0 Å². The molecule has 0 amide bonds. The van der Waals surface area contributed by atoms with Gasteiger partial charge in [0.15, 0.2) is 5.78 Å². The zero-order valence-electron chi connectivity index (χ0n) is 12.8. The molecule has 5 nitrogen and oxygen atoms in total. The third-order valence-corrected chi connectivity index (χ3v) is 3.60. The molecule has 1 heterocycles. The molecule has 2 rings (SSSR count). The molecule has 1 aromatic carbocycles. The Hall–Kier alpha value is -1.43. The Morgan fingerprint density at radius 2 is 1.95 bits per heavy atom. The van der Waals surface area contributed by atoms with Gasteiger partial charge >= 0.3 is 0 Å². The minimum atomic E-state index is 0.122. The highest BCUT2D eigenvalue weighted by Gasteiger charge is 2.17. The number of ether oxygens (including phenoxy) is 3. The molecule has 1 aliphatic rings. The number of hydrogen-bond donors (Lipinski definition) is 0. The average molecular weight is 293 g/mol. The Morgan fingerprint density at radius 3 is 2.62 bits per heavy atom. The number of hydrogen-bond acceptors (Lipinski definition) is 5. The van der Waals surface area contributed by atoms with Gasteiger partial charge in [0.2, 0.25) is 0 Å². The number of Topliss-reactive ketones (excluding diaryl/α,β-unsaturated/α-hetero) is 1. The standard InChI is InChI=1S/C16H23NO4/c1-19-9-6-17(7-10-20-2)12-15(18)13-3-4-16-14(11-13)5-8-21-16/h3-4,11H,5-10,12H2,1-2H3. The fourth-order valence-electron chi connectivity index (χ4n) is 2.37. The Kier molecular flexibility index (Phi) is 6.17. The lowest BCUT2D eigenvalue weighted by atomic mass is 10.1. The number of rotatable bonds is 9. The van der Waals surface area contributed by atoms with Crippen molar-refractivity contribution in [3.05, 3.63) is 29.3 Å². The van der Waals surface area contributed by atoms with E-state index in [1.807, 2.05) is 18.2 Å². The van der Waals surface area contributed by atoms with E-state index in [2.05, 4.69) is 4.90 Å². The molecular weight excluding hydrogens is 270 g/mol. The van der Waals surface area contributed by atoms with Gasteiger partial charge in [0.25, 0.3) is 0 Å². The van der Waals surface area contributed by atoms with Gasteiger partial charge in [-0.25, -0.2) is 0 Å². The molecule has 0 N–H and O–H groups in total. The minimum Gasteiger partial charge on any atom is -0.493 e. The van der Waals surface area contributed by atoms with Crippen LogP contribution in [-0.2, 0) is 15.9 Å². The maximum atomic E-state index is 12.4. The summed E-state index contributed by atoms with van der Waals surface area (Å²) >= 11 is 0. The third-order valence-electron chi connectivity index (χ3n) is 3.60. The first-order valence-corrected chi connectivity index (χ1v) is 7.23. The number of fused-ring (bicyclic) bond motifs is 1. The van der Waals surface area contributed by atoms with E-state index in [9.17, 15) is 4.79 Å². The van der Waals surface area contributed by atoms with Crippen molar-refractivity contribution in [2.45, 2.75) is 6.42 Å². The van der Waals surface area contributed by atoms with Crippen molar-refractivity contribution in [3.63, 3.8) is 0 Å². The van der Waals surface area contributed by atoms with E-state index in [4.69, 9.17) is 14.2 Å². The Balaban J connectivity index is 1.97. The molecule has 1 aliphatic heterocycles. The molecule has 0 aliphatic carbocycles. The summed E-state index contributed by atoms with van der Waals surface area (Å²) in [6, 6.07) is 5.69. The molecule has 0 saturated heterocycles. The van der Waals surface area contributed by atoms with Crippen LogP contribution in [0, 0.1) is 0 Å². The smallest absolute Gasteiger partial charge is 0.176 e. The zero-order chi connectivity index (χ0) is 15.1. The van der Waals surface area contributed by atoms with Crippen molar-refractivity contribution >= 4 is 5.78 Å². The second kappa shape index (κ2) is 8.12. The van der Waals surface area contributed by atoms with Gasteiger partial charge < -0.3 is 14.2 Å². The van der Waals surface area contributed by atoms with Gasteiger partial charge in [0.1, 0.15) is 5.75 Å². The molecule has 5 heteroatoms. The minimum absolute atomic E-state index is 0.122. The summed E-state index contributed by atoms with van der Waals surface area (Å²) in [6.45, 7) is 3.75. The summed E-state index contributed by atoms with van der Waals surface area (Å²) in [5.41, 5.74) is 1.88. The lowest BCUT2D eigenvalue weighted by Gasteiger charge is -2.20. The van der Waals surface area contributed by atoms with Crippen LogP contribution in [0.3, 0.4) is 0 Å². The van der Waals surface area contributed by atoms with Crippen LogP contribution in [0.2, 0.25) is 0 Å². The van der Waals surface area contributed by atoms with Gasteiger partial charge in [-0.15, -0.1) is 0 Å². The number of carbonyl (C=O) groups excluding carboxylic acids is 1. The molecule has 0 fully saturated rings. The predicted molar refractivity (Wildman–Crippen MR) is 80.2 cm³/mol. The molecule has 0 radical (unpaired) electrons. The van der Waals surface area contributed by atoms with Crippen molar-refractivity contribution in [1.29, 1.82) is 0 Å². The van der Waals surface area contributed by atoms with Gasteiger partial charge in [0.05, 0.1) is 26.4 Å². The summed E-state index contributed by atoms with van der Waals surface area (Å²) < 4.78 is 15.6. The monoisotopic (exact) mass is 293 g/mol. The normalized spacial score (nSPS) is 13.3. The summed E-state index contributed by atoms with van der Waals surface area (Å²) in [5.74, 6) is 1.03. The van der Waals surface area contributed by atoms with Crippen molar-refractivity contribution in [1.82, 2.24) is 4.90 Å². The summed E-state index contributed by atoms with van der Waals surface area (Å²) in [7, 11) is 3.33. The highest BCUT2D eigenvalue weighted by atomic mass is 16.5. The molecule has 0 spiro atoms. The Bertz CT molecular complexity index is 467. The van der Waals surface area contributed by atoms with Crippen molar-refractivity contribution in [2.24, 2.45) is 0 Å². The maximum Gasteiger partial charge on any atom is 0.176 e. The highest BCUT2D eigenvalue weighted by Crippen LogP contribution is 2.26. The molecule has 0 unspecified atom stereocenters. The Morgan fingerprint density at radius 1 is 1.24 bits per heavy atom. The molecule has 0 saturated carbocycles. The second-order valence-corrected chi connectivity index (χ2v) is 5.11. The zero-order valence-corrected chi connectivity index (χ0v) is 12.8. The third kappa shape index (κ3) is 4.52. The number of ketones is 1. The van der Waals surface area contributed by atoms with E-state index in [0.29, 0.717) is 26.4 Å². The summed E-state index contributed by atoms with van der Waals surface area (Å²) in [4.78, 5) is 14.5. The number of methoxy groups -OCH3 is 2. The lowest BCUT2D eigenvalue weighted by molar-refractivity contribution is 0.0837. The van der Waals surface area contributed by atoms with Gasteiger partial charge in [-0.3, -0.25) is 9.69 Å². The van der Waals surface area contributed by atoms with E-state index in [1.54, 1.807) is 14.2 Å². The molecule has 0 atom stereocenters. The van der Waals surface area contributed by atoms with Crippen molar-refractivity contribution < 1.29 is 19.0 Å². The first-order chi connectivity index (χ1) is 10.2.